The van der Waals surface area contributed by atoms with Crippen molar-refractivity contribution in [3.63, 3.8) is 0 Å². The Kier molecular flexibility index (Phi) is 5.14. The molecule has 0 radical (unpaired) electrons. The first kappa shape index (κ1) is 22.4. The summed E-state index contributed by atoms with van der Waals surface area (Å²) in [6.45, 7) is 0. The summed E-state index contributed by atoms with van der Waals surface area (Å²) in [6.07, 6.45) is -4.18. The molecule has 3 aromatic carbocycles. The van der Waals surface area contributed by atoms with Gasteiger partial charge in [-0.1, -0.05) is 24.3 Å². The number of aliphatic hydroxyl groups is 1. The smallest absolute Gasteiger partial charge is 0.281 e. The van der Waals surface area contributed by atoms with E-state index in [0.717, 1.165) is 18.2 Å². The lowest BCUT2D eigenvalue weighted by molar-refractivity contribution is -0.0966. The van der Waals surface area contributed by atoms with Crippen LogP contribution >= 0.6 is 0 Å². The van der Waals surface area contributed by atoms with Gasteiger partial charge in [-0.15, -0.1) is 0 Å². The highest BCUT2D eigenvalue weighted by Gasteiger charge is 2.50. The highest BCUT2D eigenvalue weighted by atomic mass is 19.3. The second kappa shape index (κ2) is 7.81. The molecule has 2 aliphatic rings. The van der Waals surface area contributed by atoms with Crippen LogP contribution in [0, 0.1) is 23.0 Å². The van der Waals surface area contributed by atoms with Crippen LogP contribution in [0.5, 0.6) is 0 Å². The predicted molar refractivity (Wildman–Crippen MR) is 116 cm³/mol. The number of aliphatic hydroxyl groups excluding tert-OH is 1. The van der Waals surface area contributed by atoms with E-state index in [4.69, 9.17) is 5.73 Å². The number of nitrogens with zero attached hydrogens (tertiary/aromatic N) is 1. The van der Waals surface area contributed by atoms with Crippen LogP contribution in [0.25, 0.3) is 11.1 Å². The third kappa shape index (κ3) is 3.26. The molecule has 5 rings (SSSR count). The van der Waals surface area contributed by atoms with Crippen LogP contribution in [0.2, 0.25) is 0 Å². The van der Waals surface area contributed by atoms with Gasteiger partial charge in [-0.3, -0.25) is 0 Å². The van der Waals surface area contributed by atoms with Crippen molar-refractivity contribution in [1.82, 2.24) is 0 Å². The maximum Gasteiger partial charge on any atom is 0.281 e. The van der Waals surface area contributed by atoms with Gasteiger partial charge in [0, 0.05) is 17.9 Å². The molecule has 3 nitrogen and oxygen atoms in total. The zero-order valence-electron chi connectivity index (χ0n) is 17.8. The Hall–Kier alpha value is -3.44. The molecule has 0 saturated heterocycles. The molecule has 8 heteroatoms. The molecule has 0 spiro atoms. The Labute approximate surface area is 192 Å². The largest absolute Gasteiger partial charge is 0.396 e. The molecule has 3 atom stereocenters. The van der Waals surface area contributed by atoms with Crippen LogP contribution in [0.15, 0.2) is 42.5 Å². The predicted octanol–water partition coefficient (Wildman–Crippen LogP) is 6.25. The van der Waals surface area contributed by atoms with Crippen molar-refractivity contribution in [2.24, 2.45) is 0 Å². The van der Waals surface area contributed by atoms with E-state index in [-0.39, 0.29) is 57.5 Å². The molecule has 0 aromatic heterocycles. The summed E-state index contributed by atoms with van der Waals surface area (Å²) in [6, 6.07) is 11.0. The van der Waals surface area contributed by atoms with Crippen molar-refractivity contribution in [2.45, 2.75) is 43.4 Å². The van der Waals surface area contributed by atoms with Crippen molar-refractivity contribution in [2.75, 3.05) is 5.73 Å². The second-order valence-corrected chi connectivity index (χ2v) is 8.80. The molecule has 0 saturated carbocycles. The molecule has 0 amide bonds. The summed E-state index contributed by atoms with van der Waals surface area (Å²) in [5.74, 6) is -5.60. The Morgan fingerprint density at radius 1 is 1.00 bits per heavy atom. The number of anilines is 1. The summed E-state index contributed by atoms with van der Waals surface area (Å²) in [5.41, 5.74) is 6.74. The van der Waals surface area contributed by atoms with Crippen molar-refractivity contribution < 1.29 is 27.1 Å². The van der Waals surface area contributed by atoms with E-state index in [2.05, 4.69) is 0 Å². The van der Waals surface area contributed by atoms with E-state index >= 15 is 0 Å². The molecule has 34 heavy (non-hydrogen) atoms. The van der Waals surface area contributed by atoms with E-state index in [1.54, 1.807) is 6.07 Å². The van der Waals surface area contributed by atoms with Crippen LogP contribution in [0.4, 0.5) is 27.6 Å². The molecule has 0 heterocycles. The maximum absolute atomic E-state index is 14.8. The Balaban J connectivity index is 1.76. The Bertz CT molecular complexity index is 1360. The highest BCUT2D eigenvalue weighted by molar-refractivity contribution is 5.81. The molecule has 2 aliphatic carbocycles. The SMILES string of the molecule is N#Cc1cc(F)cc2c1[C@@H](c1ccc(-c3cccc(F)c3N)c3c1CC(F)(F)C3O)CCC2F. The zero-order valence-corrected chi connectivity index (χ0v) is 17.8. The van der Waals surface area contributed by atoms with Gasteiger partial charge < -0.3 is 10.8 Å². The van der Waals surface area contributed by atoms with Crippen LogP contribution in [0.3, 0.4) is 0 Å². The quantitative estimate of drug-likeness (QED) is 0.344. The molecular weight excluding hydrogens is 451 g/mol. The number of hydrogen-bond donors (Lipinski definition) is 2. The number of hydrogen-bond acceptors (Lipinski definition) is 3. The lowest BCUT2D eigenvalue weighted by Gasteiger charge is -2.31. The van der Waals surface area contributed by atoms with Crippen molar-refractivity contribution in [3.05, 3.63) is 87.5 Å². The summed E-state index contributed by atoms with van der Waals surface area (Å²) < 4.78 is 72.4. The number of rotatable bonds is 2. The van der Waals surface area contributed by atoms with Gasteiger partial charge in [0.2, 0.25) is 0 Å². The third-order valence-electron chi connectivity index (χ3n) is 6.89. The minimum absolute atomic E-state index is 0.0261. The minimum atomic E-state index is -3.49. The van der Waals surface area contributed by atoms with Crippen LogP contribution in [0.1, 0.15) is 64.4 Å². The maximum atomic E-state index is 14.8. The molecule has 0 bridgehead atoms. The molecule has 174 valence electrons. The molecule has 0 fully saturated rings. The van der Waals surface area contributed by atoms with E-state index in [9.17, 15) is 32.3 Å². The first-order valence-corrected chi connectivity index (χ1v) is 10.8. The monoisotopic (exact) mass is 470 g/mol. The second-order valence-electron chi connectivity index (χ2n) is 8.80. The number of benzene rings is 3. The fraction of sp³-hybridized carbons (Fsp3) is 0.269. The summed E-state index contributed by atoms with van der Waals surface area (Å²) in [7, 11) is 0. The fourth-order valence-electron chi connectivity index (χ4n) is 5.37. The van der Waals surface area contributed by atoms with Crippen molar-refractivity contribution in [1.29, 1.82) is 5.26 Å². The summed E-state index contributed by atoms with van der Waals surface area (Å²) in [4.78, 5) is 0. The topological polar surface area (TPSA) is 70.0 Å². The van der Waals surface area contributed by atoms with Gasteiger partial charge in [0.25, 0.3) is 5.92 Å². The van der Waals surface area contributed by atoms with Gasteiger partial charge in [0.05, 0.1) is 17.3 Å². The average molecular weight is 470 g/mol. The van der Waals surface area contributed by atoms with Gasteiger partial charge in [0.15, 0.2) is 0 Å². The molecule has 3 N–H and O–H groups in total. The van der Waals surface area contributed by atoms with E-state index in [0.29, 0.717) is 5.56 Å². The zero-order chi connectivity index (χ0) is 24.4. The van der Waals surface area contributed by atoms with E-state index in [1.807, 2.05) is 6.07 Å². The van der Waals surface area contributed by atoms with Gasteiger partial charge >= 0.3 is 0 Å². The van der Waals surface area contributed by atoms with E-state index < -0.39 is 42.2 Å². The highest BCUT2D eigenvalue weighted by Crippen LogP contribution is 2.53. The molecular formula is C26H19F5N2O. The third-order valence-corrected chi connectivity index (χ3v) is 6.89. The average Bonchev–Trinajstić information content (AvgIpc) is 3.04. The summed E-state index contributed by atoms with van der Waals surface area (Å²) in [5, 5.41) is 20.2. The standard InChI is InChI=1S/C26H19F5N2O/c27-13-8-12(11-32)22-15(6-7-20(28)18(22)9-13)14-4-5-16(17-2-1-3-21(29)24(17)33)23-19(14)10-26(30,31)25(23)34/h1-5,8-9,15,20,25,34H,6-7,10,33H2/t15-,20?,25?/m1/s1. The number of nitriles is 1. The summed E-state index contributed by atoms with van der Waals surface area (Å²) >= 11 is 0. The number of nitrogen functional groups attached to an aromatic ring is 1. The number of halogens is 5. The van der Waals surface area contributed by atoms with Gasteiger partial charge in [-0.25, -0.2) is 22.0 Å². The first-order chi connectivity index (χ1) is 16.1. The number of fused-ring (bicyclic) bond motifs is 2. The van der Waals surface area contributed by atoms with Crippen molar-refractivity contribution >= 4 is 5.69 Å². The molecule has 2 unspecified atom stereocenters. The normalized spacial score (nSPS) is 22.7. The first-order valence-electron chi connectivity index (χ1n) is 10.8. The van der Waals surface area contributed by atoms with Crippen LogP contribution in [-0.2, 0) is 6.42 Å². The minimum Gasteiger partial charge on any atom is -0.396 e. The van der Waals surface area contributed by atoms with Crippen LogP contribution in [-0.4, -0.2) is 11.0 Å². The molecule has 3 aromatic rings. The number of alkyl halides is 3. The Morgan fingerprint density at radius 2 is 1.76 bits per heavy atom. The van der Waals surface area contributed by atoms with Gasteiger partial charge in [0.1, 0.15) is 23.9 Å². The van der Waals surface area contributed by atoms with E-state index in [1.165, 1.54) is 18.2 Å². The number of para-hydroxylation sites is 1. The lowest BCUT2D eigenvalue weighted by Crippen LogP contribution is -2.22. The number of nitrogens with two attached hydrogens (primary N) is 1. The fourth-order valence-corrected chi connectivity index (χ4v) is 5.37. The van der Waals surface area contributed by atoms with Gasteiger partial charge in [-0.05, 0) is 64.4 Å². The van der Waals surface area contributed by atoms with Crippen molar-refractivity contribution in [3.8, 4) is 17.2 Å². The van der Waals surface area contributed by atoms with Crippen LogP contribution < -0.4 is 5.73 Å². The Morgan fingerprint density at radius 3 is 2.50 bits per heavy atom. The lowest BCUT2D eigenvalue weighted by atomic mass is 9.74. The van der Waals surface area contributed by atoms with Gasteiger partial charge in [-0.2, -0.15) is 5.26 Å². The molecule has 0 aliphatic heterocycles.